The van der Waals surface area contributed by atoms with Crippen molar-refractivity contribution in [3.05, 3.63) is 60.2 Å². The molecule has 0 amide bonds. The number of rotatable bonds is 5. The lowest BCUT2D eigenvalue weighted by molar-refractivity contribution is 0.311. The molecular weight excluding hydrogens is 264 g/mol. The summed E-state index contributed by atoms with van der Waals surface area (Å²) in [7, 11) is -3.43. The highest BCUT2D eigenvalue weighted by atomic mass is 32.2. The summed E-state index contributed by atoms with van der Waals surface area (Å²) in [5.74, 6) is 1.37. The van der Waals surface area contributed by atoms with Crippen LogP contribution >= 0.6 is 0 Å². The van der Waals surface area contributed by atoms with Crippen LogP contribution in [0.4, 0.5) is 0 Å². The van der Waals surface area contributed by atoms with Gasteiger partial charge in [-0.3, -0.25) is 4.18 Å². The molecule has 0 unspecified atom stereocenters. The summed E-state index contributed by atoms with van der Waals surface area (Å²) in [5, 5.41) is 0. The van der Waals surface area contributed by atoms with Crippen molar-refractivity contribution >= 4 is 10.1 Å². The van der Waals surface area contributed by atoms with Crippen LogP contribution in [0, 0.1) is 0 Å². The highest BCUT2D eigenvalue weighted by molar-refractivity contribution is 7.85. The zero-order valence-corrected chi connectivity index (χ0v) is 11.3. The van der Waals surface area contributed by atoms with E-state index in [-0.39, 0.29) is 6.61 Å². The summed E-state index contributed by atoms with van der Waals surface area (Å²) in [5.41, 5.74) is 0.735. The van der Waals surface area contributed by atoms with Gasteiger partial charge in [-0.25, -0.2) is 0 Å². The molecule has 0 saturated carbocycles. The van der Waals surface area contributed by atoms with Crippen LogP contribution in [-0.4, -0.2) is 14.7 Å². The summed E-state index contributed by atoms with van der Waals surface area (Å²) < 4.78 is 32.2. The van der Waals surface area contributed by atoms with Crippen molar-refractivity contribution in [1.29, 1.82) is 0 Å². The lowest BCUT2D eigenvalue weighted by Crippen LogP contribution is -2.02. The number of hydrogen-bond donors (Lipinski definition) is 0. The van der Waals surface area contributed by atoms with Gasteiger partial charge in [0, 0.05) is 0 Å². The molecule has 2 aromatic rings. The van der Waals surface area contributed by atoms with E-state index in [4.69, 9.17) is 8.92 Å². The first-order chi connectivity index (χ1) is 9.03. The lowest BCUT2D eigenvalue weighted by Gasteiger charge is -2.07. The second-order valence-electron chi connectivity index (χ2n) is 4.03. The van der Waals surface area contributed by atoms with E-state index >= 15 is 0 Å². The molecule has 0 aliphatic carbocycles. The highest BCUT2D eigenvalue weighted by Gasteiger charge is 2.04. The molecule has 19 heavy (non-hydrogen) atoms. The van der Waals surface area contributed by atoms with Gasteiger partial charge in [-0.2, -0.15) is 8.42 Å². The van der Waals surface area contributed by atoms with Crippen LogP contribution < -0.4 is 4.74 Å². The third kappa shape index (κ3) is 4.73. The van der Waals surface area contributed by atoms with E-state index in [9.17, 15) is 8.42 Å². The smallest absolute Gasteiger partial charge is 0.264 e. The molecule has 2 rings (SSSR count). The van der Waals surface area contributed by atoms with Gasteiger partial charge in [0.05, 0.1) is 12.9 Å². The average Bonchev–Trinajstić information content (AvgIpc) is 2.37. The normalized spacial score (nSPS) is 11.2. The lowest BCUT2D eigenvalue weighted by atomic mass is 10.2. The van der Waals surface area contributed by atoms with Gasteiger partial charge < -0.3 is 4.74 Å². The van der Waals surface area contributed by atoms with Crippen molar-refractivity contribution in [1.82, 2.24) is 0 Å². The first kappa shape index (κ1) is 13.6. The van der Waals surface area contributed by atoms with E-state index in [2.05, 4.69) is 0 Å². The SMILES string of the molecule is CS(=O)(=O)OCc1cccc(Oc2ccccc2)c1. The van der Waals surface area contributed by atoms with Crippen LogP contribution in [0.5, 0.6) is 11.5 Å². The Morgan fingerprint density at radius 3 is 2.32 bits per heavy atom. The number of benzene rings is 2. The fraction of sp³-hybridized carbons (Fsp3) is 0.143. The van der Waals surface area contributed by atoms with Gasteiger partial charge in [0.25, 0.3) is 10.1 Å². The molecule has 0 heterocycles. The second-order valence-corrected chi connectivity index (χ2v) is 5.67. The van der Waals surface area contributed by atoms with E-state index in [1.165, 1.54) is 0 Å². The van der Waals surface area contributed by atoms with Crippen LogP contribution in [-0.2, 0) is 20.9 Å². The molecule has 0 bridgehead atoms. The number of ether oxygens (including phenoxy) is 1. The maximum absolute atomic E-state index is 10.9. The third-order valence-corrected chi connectivity index (χ3v) is 2.86. The van der Waals surface area contributed by atoms with Gasteiger partial charge in [-0.1, -0.05) is 30.3 Å². The highest BCUT2D eigenvalue weighted by Crippen LogP contribution is 2.22. The zero-order valence-electron chi connectivity index (χ0n) is 10.4. The van der Waals surface area contributed by atoms with Gasteiger partial charge in [0.2, 0.25) is 0 Å². The molecule has 0 spiro atoms. The summed E-state index contributed by atoms with van der Waals surface area (Å²) in [6, 6.07) is 16.5. The van der Waals surface area contributed by atoms with Crippen LogP contribution in [0.2, 0.25) is 0 Å². The molecule has 5 heteroatoms. The van der Waals surface area contributed by atoms with Crippen LogP contribution in [0.25, 0.3) is 0 Å². The van der Waals surface area contributed by atoms with Gasteiger partial charge >= 0.3 is 0 Å². The van der Waals surface area contributed by atoms with Gasteiger partial charge in [-0.05, 0) is 29.8 Å². The van der Waals surface area contributed by atoms with E-state index in [1.54, 1.807) is 24.3 Å². The largest absolute Gasteiger partial charge is 0.457 e. The first-order valence-corrected chi connectivity index (χ1v) is 7.51. The summed E-state index contributed by atoms with van der Waals surface area (Å²) in [4.78, 5) is 0. The first-order valence-electron chi connectivity index (χ1n) is 5.69. The molecular formula is C14H14O4S. The predicted molar refractivity (Wildman–Crippen MR) is 72.6 cm³/mol. The standard InChI is InChI=1S/C14H14O4S/c1-19(15,16)17-11-12-6-5-9-14(10-12)18-13-7-3-2-4-8-13/h2-10H,11H2,1H3. The summed E-state index contributed by atoms with van der Waals surface area (Å²) in [6.45, 7) is 0.00478. The van der Waals surface area contributed by atoms with Crippen molar-refractivity contribution in [2.75, 3.05) is 6.26 Å². The Hall–Kier alpha value is -1.85. The fourth-order valence-electron chi connectivity index (χ4n) is 1.50. The summed E-state index contributed by atoms with van der Waals surface area (Å²) in [6.07, 6.45) is 1.03. The third-order valence-electron chi connectivity index (χ3n) is 2.32. The van der Waals surface area contributed by atoms with Crippen LogP contribution in [0.1, 0.15) is 5.56 Å². The molecule has 0 aliphatic heterocycles. The van der Waals surface area contributed by atoms with Gasteiger partial charge in [0.15, 0.2) is 0 Å². The van der Waals surface area contributed by atoms with Crippen molar-refractivity contribution < 1.29 is 17.3 Å². The van der Waals surface area contributed by atoms with E-state index < -0.39 is 10.1 Å². The van der Waals surface area contributed by atoms with Crippen molar-refractivity contribution in [3.63, 3.8) is 0 Å². The van der Waals surface area contributed by atoms with Gasteiger partial charge in [0.1, 0.15) is 11.5 Å². The van der Waals surface area contributed by atoms with Crippen molar-refractivity contribution in [3.8, 4) is 11.5 Å². The molecule has 2 aromatic carbocycles. The topological polar surface area (TPSA) is 52.6 Å². The fourth-order valence-corrected chi connectivity index (χ4v) is 1.85. The van der Waals surface area contributed by atoms with Crippen LogP contribution in [0.15, 0.2) is 54.6 Å². The van der Waals surface area contributed by atoms with E-state index in [0.717, 1.165) is 17.6 Å². The molecule has 4 nitrogen and oxygen atoms in total. The summed E-state index contributed by atoms with van der Waals surface area (Å²) >= 11 is 0. The maximum atomic E-state index is 10.9. The minimum Gasteiger partial charge on any atom is -0.457 e. The Kier molecular flexibility index (Phi) is 4.19. The Morgan fingerprint density at radius 1 is 0.947 bits per heavy atom. The zero-order chi connectivity index (χ0) is 13.7. The minimum atomic E-state index is -3.43. The Morgan fingerprint density at radius 2 is 1.63 bits per heavy atom. The molecule has 0 aromatic heterocycles. The average molecular weight is 278 g/mol. The molecule has 0 fully saturated rings. The molecule has 0 saturated heterocycles. The second kappa shape index (κ2) is 5.86. The van der Waals surface area contributed by atoms with Crippen molar-refractivity contribution in [2.45, 2.75) is 6.61 Å². The van der Waals surface area contributed by atoms with Crippen LogP contribution in [0.3, 0.4) is 0 Å². The minimum absolute atomic E-state index is 0.00478. The Bertz CT molecular complexity index is 636. The van der Waals surface area contributed by atoms with Gasteiger partial charge in [-0.15, -0.1) is 0 Å². The number of para-hydroxylation sites is 1. The maximum Gasteiger partial charge on any atom is 0.264 e. The van der Waals surface area contributed by atoms with Crippen molar-refractivity contribution in [2.24, 2.45) is 0 Å². The molecule has 0 radical (unpaired) electrons. The predicted octanol–water partition coefficient (Wildman–Crippen LogP) is 2.96. The Balaban J connectivity index is 2.07. The number of hydrogen-bond acceptors (Lipinski definition) is 4. The molecule has 0 atom stereocenters. The monoisotopic (exact) mass is 278 g/mol. The Labute approximate surface area is 112 Å². The molecule has 0 N–H and O–H groups in total. The van der Waals surface area contributed by atoms with E-state index in [0.29, 0.717) is 5.75 Å². The molecule has 100 valence electrons. The molecule has 0 aliphatic rings. The quantitative estimate of drug-likeness (QED) is 0.789. The van der Waals surface area contributed by atoms with E-state index in [1.807, 2.05) is 30.3 Å².